The minimum absolute atomic E-state index is 0.228. The lowest BCUT2D eigenvalue weighted by atomic mass is 10.2. The Bertz CT molecular complexity index is 338. The largest absolute Gasteiger partial charge is 0.373 e. The Labute approximate surface area is 108 Å². The van der Waals surface area contributed by atoms with E-state index in [2.05, 4.69) is 18.7 Å². The van der Waals surface area contributed by atoms with E-state index in [1.54, 1.807) is 12.1 Å². The molecule has 0 fully saturated rings. The van der Waals surface area contributed by atoms with Gasteiger partial charge in [0.2, 0.25) is 0 Å². The highest BCUT2D eigenvalue weighted by Crippen LogP contribution is 2.13. The summed E-state index contributed by atoms with van der Waals surface area (Å²) < 4.78 is 25.2. The number of hydrogen-bond acceptors (Lipinski definition) is 2. The normalized spacial score (nSPS) is 11.3. The third-order valence-corrected chi connectivity index (χ3v) is 3.09. The number of hydrogen-bond donors (Lipinski definition) is 0. The Balaban J connectivity index is 2.48. The summed E-state index contributed by atoms with van der Waals surface area (Å²) in [6, 6.07) is 6.75. The molecule has 1 aromatic carbocycles. The zero-order valence-corrected chi connectivity index (χ0v) is 11.4. The molecule has 102 valence electrons. The van der Waals surface area contributed by atoms with Gasteiger partial charge in [-0.15, -0.1) is 0 Å². The Hall–Kier alpha value is -1.16. The van der Waals surface area contributed by atoms with Crippen LogP contribution in [0.4, 0.5) is 14.5 Å². The molecule has 1 aromatic rings. The van der Waals surface area contributed by atoms with E-state index < -0.39 is 0 Å². The first-order chi connectivity index (χ1) is 8.54. The average molecular weight is 256 g/mol. The Morgan fingerprint density at radius 2 is 1.67 bits per heavy atom. The van der Waals surface area contributed by atoms with E-state index in [4.69, 9.17) is 0 Å². The molecule has 2 nitrogen and oxygen atoms in total. The maximum atomic E-state index is 12.8. The van der Waals surface area contributed by atoms with Gasteiger partial charge in [0.15, 0.2) is 0 Å². The summed E-state index contributed by atoms with van der Waals surface area (Å²) in [7, 11) is 1.96. The SMILES string of the molecule is CC(C)N(CCF)CCN(C)c1ccc(F)cc1. The van der Waals surface area contributed by atoms with Gasteiger partial charge in [-0.3, -0.25) is 4.90 Å². The summed E-state index contributed by atoms with van der Waals surface area (Å²) in [5.41, 5.74) is 0.973. The van der Waals surface area contributed by atoms with Gasteiger partial charge in [0.25, 0.3) is 0 Å². The van der Waals surface area contributed by atoms with Gasteiger partial charge >= 0.3 is 0 Å². The van der Waals surface area contributed by atoms with Gasteiger partial charge in [0, 0.05) is 38.4 Å². The molecule has 0 aliphatic rings. The molecule has 0 atom stereocenters. The van der Waals surface area contributed by atoms with Crippen LogP contribution in [-0.2, 0) is 0 Å². The topological polar surface area (TPSA) is 6.48 Å². The minimum Gasteiger partial charge on any atom is -0.373 e. The van der Waals surface area contributed by atoms with Gasteiger partial charge < -0.3 is 4.90 Å². The van der Waals surface area contributed by atoms with Crippen molar-refractivity contribution in [3.8, 4) is 0 Å². The fourth-order valence-electron chi connectivity index (χ4n) is 1.84. The molecule has 0 saturated carbocycles. The number of anilines is 1. The van der Waals surface area contributed by atoms with Gasteiger partial charge in [-0.2, -0.15) is 0 Å². The van der Waals surface area contributed by atoms with Gasteiger partial charge in [0.1, 0.15) is 12.5 Å². The molecule has 1 rings (SSSR count). The second kappa shape index (κ2) is 7.31. The molecule has 0 aliphatic carbocycles. The van der Waals surface area contributed by atoms with Gasteiger partial charge in [-0.05, 0) is 38.1 Å². The highest BCUT2D eigenvalue weighted by molar-refractivity contribution is 5.45. The monoisotopic (exact) mass is 256 g/mol. The van der Waals surface area contributed by atoms with Crippen LogP contribution < -0.4 is 4.90 Å². The molecule has 0 amide bonds. The summed E-state index contributed by atoms with van der Waals surface area (Å²) in [6.07, 6.45) is 0. The molecule has 0 aromatic heterocycles. The third-order valence-electron chi connectivity index (χ3n) is 3.09. The van der Waals surface area contributed by atoms with E-state index in [1.165, 1.54) is 12.1 Å². The summed E-state index contributed by atoms with van der Waals surface area (Å²) >= 11 is 0. The first-order valence-electron chi connectivity index (χ1n) is 6.31. The molecule has 4 heteroatoms. The summed E-state index contributed by atoms with van der Waals surface area (Å²) in [5.74, 6) is -0.228. The van der Waals surface area contributed by atoms with Crippen molar-refractivity contribution >= 4 is 5.69 Å². The number of rotatable bonds is 7. The van der Waals surface area contributed by atoms with Crippen molar-refractivity contribution in [3.63, 3.8) is 0 Å². The number of alkyl halides is 1. The fraction of sp³-hybridized carbons (Fsp3) is 0.571. The fourth-order valence-corrected chi connectivity index (χ4v) is 1.84. The number of halogens is 2. The summed E-state index contributed by atoms with van der Waals surface area (Å²) in [4.78, 5) is 4.15. The van der Waals surface area contributed by atoms with E-state index in [9.17, 15) is 8.78 Å². The van der Waals surface area contributed by atoms with Crippen LogP contribution in [0.2, 0.25) is 0 Å². The van der Waals surface area contributed by atoms with E-state index in [0.29, 0.717) is 12.6 Å². The highest BCUT2D eigenvalue weighted by Gasteiger charge is 2.10. The minimum atomic E-state index is -0.321. The average Bonchev–Trinajstić information content (AvgIpc) is 2.34. The predicted octanol–water partition coefficient (Wildman–Crippen LogP) is 2.94. The van der Waals surface area contributed by atoms with Crippen molar-refractivity contribution in [1.29, 1.82) is 0 Å². The predicted molar refractivity (Wildman–Crippen MR) is 72.4 cm³/mol. The molecule has 0 saturated heterocycles. The van der Waals surface area contributed by atoms with Gasteiger partial charge in [-0.1, -0.05) is 0 Å². The van der Waals surface area contributed by atoms with E-state index in [-0.39, 0.29) is 12.5 Å². The van der Waals surface area contributed by atoms with Crippen molar-refractivity contribution in [2.45, 2.75) is 19.9 Å². The van der Waals surface area contributed by atoms with Crippen molar-refractivity contribution in [2.24, 2.45) is 0 Å². The van der Waals surface area contributed by atoms with Crippen LogP contribution in [0.5, 0.6) is 0 Å². The number of likely N-dealkylation sites (N-methyl/N-ethyl adjacent to an activating group) is 1. The Morgan fingerprint density at radius 1 is 1.06 bits per heavy atom. The zero-order valence-electron chi connectivity index (χ0n) is 11.4. The first kappa shape index (κ1) is 14.9. The molecular formula is C14H22F2N2. The van der Waals surface area contributed by atoms with Crippen LogP contribution in [0.15, 0.2) is 24.3 Å². The molecule has 0 heterocycles. The van der Waals surface area contributed by atoms with Crippen molar-refractivity contribution < 1.29 is 8.78 Å². The smallest absolute Gasteiger partial charge is 0.123 e. The van der Waals surface area contributed by atoms with Crippen molar-refractivity contribution in [2.75, 3.05) is 38.3 Å². The van der Waals surface area contributed by atoms with Crippen LogP contribution in [0.3, 0.4) is 0 Å². The Kier molecular flexibility index (Phi) is 6.05. The van der Waals surface area contributed by atoms with Crippen molar-refractivity contribution in [3.05, 3.63) is 30.1 Å². The summed E-state index contributed by atoms with van der Waals surface area (Å²) in [6.45, 7) is 5.87. The zero-order chi connectivity index (χ0) is 13.5. The van der Waals surface area contributed by atoms with E-state index in [1.807, 2.05) is 11.9 Å². The quantitative estimate of drug-likeness (QED) is 0.740. The third kappa shape index (κ3) is 4.61. The maximum absolute atomic E-state index is 12.8. The van der Waals surface area contributed by atoms with Gasteiger partial charge in [-0.25, -0.2) is 8.78 Å². The van der Waals surface area contributed by atoms with E-state index in [0.717, 1.165) is 18.8 Å². The van der Waals surface area contributed by atoms with Crippen LogP contribution in [0.25, 0.3) is 0 Å². The lowest BCUT2D eigenvalue weighted by Gasteiger charge is -2.28. The lowest BCUT2D eigenvalue weighted by molar-refractivity contribution is 0.208. The molecule has 0 N–H and O–H groups in total. The number of benzene rings is 1. The molecular weight excluding hydrogens is 234 g/mol. The maximum Gasteiger partial charge on any atom is 0.123 e. The second-order valence-corrected chi connectivity index (χ2v) is 4.72. The first-order valence-corrected chi connectivity index (χ1v) is 6.31. The molecule has 18 heavy (non-hydrogen) atoms. The van der Waals surface area contributed by atoms with Crippen molar-refractivity contribution in [1.82, 2.24) is 4.90 Å². The standard InChI is InChI=1S/C14H22F2N2/c1-12(2)18(9-8-15)11-10-17(3)14-6-4-13(16)5-7-14/h4-7,12H,8-11H2,1-3H3. The summed E-state index contributed by atoms with van der Waals surface area (Å²) in [5, 5.41) is 0. The van der Waals surface area contributed by atoms with Crippen LogP contribution in [0, 0.1) is 5.82 Å². The van der Waals surface area contributed by atoms with Crippen LogP contribution >= 0.6 is 0 Å². The molecule has 0 aliphatic heterocycles. The lowest BCUT2D eigenvalue weighted by Crippen LogP contribution is -2.38. The Morgan fingerprint density at radius 3 is 2.17 bits per heavy atom. The number of nitrogens with zero attached hydrogens (tertiary/aromatic N) is 2. The molecule has 0 bridgehead atoms. The second-order valence-electron chi connectivity index (χ2n) is 4.72. The highest BCUT2D eigenvalue weighted by atomic mass is 19.1. The van der Waals surface area contributed by atoms with Gasteiger partial charge in [0.05, 0.1) is 0 Å². The van der Waals surface area contributed by atoms with Crippen LogP contribution in [-0.4, -0.2) is 44.3 Å². The molecule has 0 radical (unpaired) electrons. The van der Waals surface area contributed by atoms with E-state index >= 15 is 0 Å². The molecule has 0 unspecified atom stereocenters. The van der Waals surface area contributed by atoms with Crippen LogP contribution in [0.1, 0.15) is 13.8 Å². The molecule has 0 spiro atoms.